The molecule has 2 aromatic heterocycles. The van der Waals surface area contributed by atoms with Gasteiger partial charge in [0.1, 0.15) is 5.75 Å². The van der Waals surface area contributed by atoms with Gasteiger partial charge in [0.25, 0.3) is 0 Å². The summed E-state index contributed by atoms with van der Waals surface area (Å²) < 4.78 is 10.4. The van der Waals surface area contributed by atoms with Crippen LogP contribution < -0.4 is 10.1 Å². The standard InChI is InChI=1S/C20H22N4O4S/c1-24(13-17(25)21-14-6-3-7-15(12-14)27-2)19(26)10-4-9-18-22-20(23-28-18)16-8-5-11-29-16/h3,5-8,11-12H,4,9-10,13H2,1-2H3,(H,21,25). The highest BCUT2D eigenvalue weighted by molar-refractivity contribution is 7.13. The van der Waals surface area contributed by atoms with E-state index < -0.39 is 0 Å². The van der Waals surface area contributed by atoms with Gasteiger partial charge in [-0.3, -0.25) is 9.59 Å². The van der Waals surface area contributed by atoms with Crippen LogP contribution in [-0.4, -0.2) is 47.6 Å². The number of nitrogens with zero attached hydrogens (tertiary/aromatic N) is 3. The number of benzene rings is 1. The number of thiophene rings is 1. The zero-order chi connectivity index (χ0) is 20.6. The van der Waals surface area contributed by atoms with E-state index in [1.165, 1.54) is 16.2 Å². The number of carbonyl (C=O) groups is 2. The van der Waals surface area contributed by atoms with E-state index in [2.05, 4.69) is 15.5 Å². The van der Waals surface area contributed by atoms with Crippen molar-refractivity contribution in [3.05, 3.63) is 47.7 Å². The molecule has 0 aliphatic carbocycles. The lowest BCUT2D eigenvalue weighted by Gasteiger charge is -2.16. The maximum Gasteiger partial charge on any atom is 0.243 e. The molecular formula is C20H22N4O4S. The lowest BCUT2D eigenvalue weighted by Crippen LogP contribution is -2.34. The first-order valence-corrected chi connectivity index (χ1v) is 9.97. The molecular weight excluding hydrogens is 392 g/mol. The van der Waals surface area contributed by atoms with Crippen LogP contribution in [0.1, 0.15) is 18.7 Å². The molecule has 3 rings (SSSR count). The molecule has 0 aliphatic rings. The lowest BCUT2D eigenvalue weighted by molar-refractivity contribution is -0.133. The van der Waals surface area contributed by atoms with E-state index in [1.54, 1.807) is 38.4 Å². The maximum atomic E-state index is 12.3. The van der Waals surface area contributed by atoms with E-state index in [1.807, 2.05) is 17.5 Å². The molecule has 0 saturated heterocycles. The Hall–Kier alpha value is -3.20. The number of rotatable bonds is 9. The van der Waals surface area contributed by atoms with Crippen molar-refractivity contribution in [2.45, 2.75) is 19.3 Å². The van der Waals surface area contributed by atoms with Crippen molar-refractivity contribution in [2.75, 3.05) is 26.0 Å². The van der Waals surface area contributed by atoms with Gasteiger partial charge in [0, 0.05) is 31.6 Å². The molecule has 0 spiro atoms. The van der Waals surface area contributed by atoms with Crippen LogP contribution in [0.3, 0.4) is 0 Å². The Kier molecular flexibility index (Phi) is 6.96. The summed E-state index contributed by atoms with van der Waals surface area (Å²) in [5, 5.41) is 8.65. The highest BCUT2D eigenvalue weighted by Gasteiger charge is 2.15. The average molecular weight is 414 g/mol. The van der Waals surface area contributed by atoms with Crippen molar-refractivity contribution >= 4 is 28.8 Å². The normalized spacial score (nSPS) is 10.6. The number of amides is 2. The number of likely N-dealkylation sites (N-methyl/N-ethyl adjacent to an activating group) is 1. The van der Waals surface area contributed by atoms with Gasteiger partial charge in [0.15, 0.2) is 0 Å². The Bertz CT molecular complexity index is 955. The van der Waals surface area contributed by atoms with Gasteiger partial charge in [0.2, 0.25) is 23.5 Å². The summed E-state index contributed by atoms with van der Waals surface area (Å²) in [5.41, 5.74) is 0.619. The number of aryl methyl sites for hydroxylation is 1. The summed E-state index contributed by atoms with van der Waals surface area (Å²) in [7, 11) is 3.17. The van der Waals surface area contributed by atoms with E-state index in [9.17, 15) is 9.59 Å². The molecule has 3 aromatic rings. The van der Waals surface area contributed by atoms with Crippen LogP contribution in [0.25, 0.3) is 10.7 Å². The monoisotopic (exact) mass is 414 g/mol. The number of ether oxygens (including phenoxy) is 1. The number of hydrogen-bond acceptors (Lipinski definition) is 7. The largest absolute Gasteiger partial charge is 0.497 e. The summed E-state index contributed by atoms with van der Waals surface area (Å²) in [5.74, 6) is 1.32. The number of methoxy groups -OCH3 is 1. The van der Waals surface area contributed by atoms with Gasteiger partial charge < -0.3 is 19.5 Å². The number of nitrogens with one attached hydrogen (secondary N) is 1. The highest BCUT2D eigenvalue weighted by Crippen LogP contribution is 2.21. The molecule has 9 heteroatoms. The fraction of sp³-hybridized carbons (Fsp3) is 0.300. The Morgan fingerprint density at radius 3 is 2.90 bits per heavy atom. The van der Waals surface area contributed by atoms with Crippen LogP contribution in [0, 0.1) is 0 Å². The molecule has 1 N–H and O–H groups in total. The van der Waals surface area contributed by atoms with Crippen molar-refractivity contribution < 1.29 is 18.8 Å². The number of hydrogen-bond donors (Lipinski definition) is 1. The molecule has 0 atom stereocenters. The summed E-state index contributed by atoms with van der Waals surface area (Å²) >= 11 is 1.54. The van der Waals surface area contributed by atoms with E-state index in [0.717, 1.165) is 4.88 Å². The van der Waals surface area contributed by atoms with Crippen molar-refractivity contribution in [3.63, 3.8) is 0 Å². The molecule has 2 amide bonds. The van der Waals surface area contributed by atoms with Crippen LogP contribution in [-0.2, 0) is 16.0 Å². The van der Waals surface area contributed by atoms with Gasteiger partial charge in [-0.15, -0.1) is 11.3 Å². The molecule has 1 aromatic carbocycles. The first-order chi connectivity index (χ1) is 14.0. The molecule has 2 heterocycles. The van der Waals surface area contributed by atoms with E-state index >= 15 is 0 Å². The van der Waals surface area contributed by atoms with Gasteiger partial charge in [-0.05, 0) is 30.0 Å². The summed E-state index contributed by atoms with van der Waals surface area (Å²) in [6, 6.07) is 10.9. The van der Waals surface area contributed by atoms with Crippen LogP contribution in [0.2, 0.25) is 0 Å². The molecule has 152 valence electrons. The second-order valence-corrected chi connectivity index (χ2v) is 7.32. The quantitative estimate of drug-likeness (QED) is 0.577. The zero-order valence-corrected chi connectivity index (χ0v) is 17.1. The van der Waals surface area contributed by atoms with Crippen molar-refractivity contribution in [1.29, 1.82) is 0 Å². The van der Waals surface area contributed by atoms with Crippen molar-refractivity contribution in [2.24, 2.45) is 0 Å². The van der Waals surface area contributed by atoms with Crippen LogP contribution in [0.5, 0.6) is 5.75 Å². The Morgan fingerprint density at radius 1 is 1.28 bits per heavy atom. The van der Waals surface area contributed by atoms with Crippen LogP contribution in [0.4, 0.5) is 5.69 Å². The molecule has 0 saturated carbocycles. The fourth-order valence-electron chi connectivity index (χ4n) is 2.65. The van der Waals surface area contributed by atoms with E-state index in [-0.39, 0.29) is 18.4 Å². The molecule has 0 fully saturated rings. The Morgan fingerprint density at radius 2 is 2.14 bits per heavy atom. The van der Waals surface area contributed by atoms with Gasteiger partial charge in [-0.1, -0.05) is 17.3 Å². The van der Waals surface area contributed by atoms with Crippen LogP contribution in [0.15, 0.2) is 46.3 Å². The minimum Gasteiger partial charge on any atom is -0.497 e. The SMILES string of the molecule is COc1cccc(NC(=O)CN(C)C(=O)CCCc2nc(-c3cccs3)no2)c1. The second kappa shape index (κ2) is 9.83. The second-order valence-electron chi connectivity index (χ2n) is 6.37. The Labute approximate surface area is 172 Å². The van der Waals surface area contributed by atoms with Crippen molar-refractivity contribution in [1.82, 2.24) is 15.0 Å². The lowest BCUT2D eigenvalue weighted by atomic mass is 10.2. The number of aromatic nitrogens is 2. The third-order valence-electron chi connectivity index (χ3n) is 4.15. The van der Waals surface area contributed by atoms with E-state index in [4.69, 9.17) is 9.26 Å². The van der Waals surface area contributed by atoms with Crippen molar-refractivity contribution in [3.8, 4) is 16.5 Å². The average Bonchev–Trinajstić information content (AvgIpc) is 3.39. The summed E-state index contributed by atoms with van der Waals surface area (Å²) in [6.45, 7) is -0.0286. The zero-order valence-electron chi connectivity index (χ0n) is 16.3. The number of anilines is 1. The minimum atomic E-state index is -0.272. The van der Waals surface area contributed by atoms with Gasteiger partial charge in [0.05, 0.1) is 18.5 Å². The van der Waals surface area contributed by atoms with Gasteiger partial charge in [-0.25, -0.2) is 0 Å². The molecule has 0 unspecified atom stereocenters. The molecule has 0 radical (unpaired) electrons. The number of carbonyl (C=O) groups excluding carboxylic acids is 2. The molecule has 0 aliphatic heterocycles. The first kappa shape index (κ1) is 20.5. The topological polar surface area (TPSA) is 97.6 Å². The smallest absolute Gasteiger partial charge is 0.243 e. The fourth-order valence-corrected chi connectivity index (χ4v) is 3.30. The first-order valence-electron chi connectivity index (χ1n) is 9.09. The van der Waals surface area contributed by atoms with Crippen LogP contribution >= 0.6 is 11.3 Å². The Balaban J connectivity index is 1.41. The van der Waals surface area contributed by atoms with Gasteiger partial charge in [-0.2, -0.15) is 4.98 Å². The third-order valence-corrected chi connectivity index (χ3v) is 5.02. The molecule has 29 heavy (non-hydrogen) atoms. The summed E-state index contributed by atoms with van der Waals surface area (Å²) in [4.78, 5) is 31.1. The summed E-state index contributed by atoms with van der Waals surface area (Å²) in [6.07, 6.45) is 1.36. The van der Waals surface area contributed by atoms with Gasteiger partial charge >= 0.3 is 0 Å². The predicted molar refractivity (Wildman–Crippen MR) is 110 cm³/mol. The minimum absolute atomic E-state index is 0.0286. The predicted octanol–water partition coefficient (Wildman–Crippen LogP) is 3.23. The molecule has 0 bridgehead atoms. The highest BCUT2D eigenvalue weighted by atomic mass is 32.1. The third kappa shape index (κ3) is 5.89. The maximum absolute atomic E-state index is 12.3. The molecule has 8 nitrogen and oxygen atoms in total. The van der Waals surface area contributed by atoms with E-state index in [0.29, 0.717) is 42.4 Å².